The Morgan fingerprint density at radius 3 is 2.18 bits per heavy atom. The summed E-state index contributed by atoms with van der Waals surface area (Å²) < 4.78 is 4.83. The lowest BCUT2D eigenvalue weighted by Crippen LogP contribution is -2.53. The highest BCUT2D eigenvalue weighted by Crippen LogP contribution is 2.65. The van der Waals surface area contributed by atoms with Gasteiger partial charge in [-0.25, -0.2) is 9.69 Å². The van der Waals surface area contributed by atoms with Crippen LogP contribution in [0.1, 0.15) is 51.9 Å². The van der Waals surface area contributed by atoms with Crippen molar-refractivity contribution in [3.05, 3.63) is 99.6 Å². The summed E-state index contributed by atoms with van der Waals surface area (Å²) in [5.74, 6) is -2.30. The first-order valence-corrected chi connectivity index (χ1v) is 11.8. The first-order chi connectivity index (χ1) is 16.5. The van der Waals surface area contributed by atoms with Crippen LogP contribution in [0.5, 0.6) is 0 Å². The predicted octanol–water partition coefficient (Wildman–Crippen LogP) is 5.09. The quantitative estimate of drug-likeness (QED) is 0.394. The molecule has 4 aliphatic rings. The fraction of sp³-hybridized carbons (Fsp3) is 0.250. The van der Waals surface area contributed by atoms with Gasteiger partial charge in [0, 0.05) is 11.3 Å². The second kappa shape index (κ2) is 7.28. The number of ether oxygens (including phenoxy) is 1. The first kappa shape index (κ1) is 21.1. The zero-order valence-electron chi connectivity index (χ0n) is 18.7. The van der Waals surface area contributed by atoms with Crippen molar-refractivity contribution in [3.8, 4) is 0 Å². The van der Waals surface area contributed by atoms with Gasteiger partial charge in [0.15, 0.2) is 0 Å². The highest BCUT2D eigenvalue weighted by molar-refractivity contribution is 6.34. The summed E-state index contributed by atoms with van der Waals surface area (Å²) in [6.45, 7) is 2.09. The fourth-order valence-electron chi connectivity index (χ4n) is 6.70. The molecule has 1 heterocycles. The van der Waals surface area contributed by atoms with Crippen LogP contribution >= 0.6 is 11.6 Å². The van der Waals surface area contributed by atoms with Crippen LogP contribution in [-0.2, 0) is 19.7 Å². The number of nitrogens with zero attached hydrogens (tertiary/aromatic N) is 1. The highest BCUT2D eigenvalue weighted by atomic mass is 35.5. The highest BCUT2D eigenvalue weighted by Gasteiger charge is 2.67. The van der Waals surface area contributed by atoms with E-state index in [1.165, 1.54) is 24.1 Å². The average molecular weight is 472 g/mol. The number of hydrogen-bond donors (Lipinski definition) is 0. The SMILES string of the molecule is CCC12c3ccccc3C(c3ccccc31)C1C(=O)N(c3ccc(Cl)c(C(=O)OC)c3)C(=O)C12. The summed E-state index contributed by atoms with van der Waals surface area (Å²) in [6.07, 6.45) is 0.690. The van der Waals surface area contributed by atoms with Crippen LogP contribution in [0.3, 0.4) is 0 Å². The molecule has 2 unspecified atom stereocenters. The van der Waals surface area contributed by atoms with E-state index >= 15 is 0 Å². The van der Waals surface area contributed by atoms with Crippen LogP contribution in [0.25, 0.3) is 0 Å². The molecule has 0 N–H and O–H groups in total. The maximum absolute atomic E-state index is 14.1. The molecule has 2 atom stereocenters. The Morgan fingerprint density at radius 1 is 0.971 bits per heavy atom. The number of benzene rings is 3. The van der Waals surface area contributed by atoms with Crippen molar-refractivity contribution in [3.63, 3.8) is 0 Å². The van der Waals surface area contributed by atoms with Gasteiger partial charge in [-0.1, -0.05) is 67.1 Å². The number of amides is 2. The monoisotopic (exact) mass is 471 g/mol. The van der Waals surface area contributed by atoms with E-state index in [0.717, 1.165) is 22.3 Å². The molecular weight excluding hydrogens is 450 g/mol. The molecule has 0 saturated carbocycles. The third-order valence-corrected chi connectivity index (χ3v) is 8.29. The van der Waals surface area contributed by atoms with Gasteiger partial charge in [-0.3, -0.25) is 9.59 Å². The summed E-state index contributed by atoms with van der Waals surface area (Å²) in [6, 6.07) is 21.0. The maximum Gasteiger partial charge on any atom is 0.339 e. The molecule has 34 heavy (non-hydrogen) atoms. The molecule has 1 saturated heterocycles. The van der Waals surface area contributed by atoms with Crippen molar-refractivity contribution in [2.75, 3.05) is 12.0 Å². The van der Waals surface area contributed by atoms with Crippen molar-refractivity contribution in [1.29, 1.82) is 0 Å². The zero-order chi connectivity index (χ0) is 23.8. The molecule has 2 amide bonds. The Hall–Kier alpha value is -3.44. The fourth-order valence-corrected chi connectivity index (χ4v) is 6.90. The number of carbonyl (C=O) groups is 3. The van der Waals surface area contributed by atoms with Crippen LogP contribution in [0.4, 0.5) is 5.69 Å². The van der Waals surface area contributed by atoms with E-state index in [-0.39, 0.29) is 28.3 Å². The van der Waals surface area contributed by atoms with Gasteiger partial charge in [0.1, 0.15) is 0 Å². The predicted molar refractivity (Wildman–Crippen MR) is 128 cm³/mol. The molecule has 1 aliphatic heterocycles. The Morgan fingerprint density at radius 2 is 1.59 bits per heavy atom. The van der Waals surface area contributed by atoms with Crippen LogP contribution in [0.2, 0.25) is 5.02 Å². The third kappa shape index (κ3) is 2.43. The number of halogens is 1. The van der Waals surface area contributed by atoms with Crippen LogP contribution in [0.15, 0.2) is 66.7 Å². The minimum absolute atomic E-state index is 0.122. The van der Waals surface area contributed by atoms with E-state index < -0.39 is 23.2 Å². The van der Waals surface area contributed by atoms with E-state index in [2.05, 4.69) is 31.2 Å². The molecule has 5 nitrogen and oxygen atoms in total. The van der Waals surface area contributed by atoms with Crippen molar-refractivity contribution in [2.24, 2.45) is 11.8 Å². The van der Waals surface area contributed by atoms with E-state index in [0.29, 0.717) is 12.1 Å². The molecule has 1 fully saturated rings. The molecule has 0 aromatic heterocycles. The summed E-state index contributed by atoms with van der Waals surface area (Å²) in [7, 11) is 1.27. The Bertz CT molecular complexity index is 1350. The van der Waals surface area contributed by atoms with E-state index in [1.54, 1.807) is 6.07 Å². The minimum Gasteiger partial charge on any atom is -0.465 e. The molecule has 3 aromatic rings. The van der Waals surface area contributed by atoms with Gasteiger partial charge in [-0.2, -0.15) is 0 Å². The summed E-state index contributed by atoms with van der Waals surface area (Å²) in [4.78, 5) is 41.6. The first-order valence-electron chi connectivity index (χ1n) is 11.4. The molecular formula is C28H22ClNO4. The number of imide groups is 1. The number of hydrogen-bond acceptors (Lipinski definition) is 4. The van der Waals surface area contributed by atoms with Gasteiger partial charge in [0.25, 0.3) is 0 Å². The second-order valence-corrected chi connectivity index (χ2v) is 9.56. The molecule has 2 bridgehead atoms. The smallest absolute Gasteiger partial charge is 0.339 e. The van der Waals surface area contributed by atoms with Gasteiger partial charge in [-0.15, -0.1) is 0 Å². The Labute approximate surface area is 202 Å². The summed E-state index contributed by atoms with van der Waals surface area (Å²) in [5, 5.41) is 0.206. The Balaban J connectivity index is 1.58. The van der Waals surface area contributed by atoms with Crippen molar-refractivity contribution < 1.29 is 19.1 Å². The summed E-state index contributed by atoms with van der Waals surface area (Å²) in [5.41, 5.74) is 4.39. The molecule has 7 rings (SSSR count). The number of carbonyl (C=O) groups excluding carboxylic acids is 3. The minimum atomic E-state index is -0.617. The summed E-state index contributed by atoms with van der Waals surface area (Å²) >= 11 is 6.20. The van der Waals surface area contributed by atoms with Crippen molar-refractivity contribution >= 4 is 35.1 Å². The molecule has 6 heteroatoms. The topological polar surface area (TPSA) is 63.7 Å². The van der Waals surface area contributed by atoms with Gasteiger partial charge < -0.3 is 4.74 Å². The van der Waals surface area contributed by atoms with Crippen molar-refractivity contribution in [2.45, 2.75) is 24.7 Å². The molecule has 170 valence electrons. The number of esters is 1. The second-order valence-electron chi connectivity index (χ2n) is 9.15. The molecule has 3 aromatic carbocycles. The van der Waals surface area contributed by atoms with Gasteiger partial charge in [0.2, 0.25) is 11.8 Å². The Kier molecular flexibility index (Phi) is 4.52. The maximum atomic E-state index is 14.1. The zero-order valence-corrected chi connectivity index (χ0v) is 19.5. The van der Waals surface area contributed by atoms with E-state index in [1.807, 2.05) is 24.3 Å². The number of rotatable bonds is 3. The van der Waals surface area contributed by atoms with Gasteiger partial charge >= 0.3 is 5.97 Å². The van der Waals surface area contributed by atoms with Crippen LogP contribution in [-0.4, -0.2) is 24.9 Å². The van der Waals surface area contributed by atoms with Gasteiger partial charge in [-0.05, 0) is 46.9 Å². The average Bonchev–Trinajstić information content (AvgIpc) is 3.14. The third-order valence-electron chi connectivity index (χ3n) is 7.97. The van der Waals surface area contributed by atoms with Gasteiger partial charge in [0.05, 0.1) is 35.2 Å². The van der Waals surface area contributed by atoms with Crippen LogP contribution in [0, 0.1) is 11.8 Å². The molecule has 0 spiro atoms. The lowest BCUT2D eigenvalue weighted by Gasteiger charge is -2.54. The number of anilines is 1. The van der Waals surface area contributed by atoms with E-state index in [9.17, 15) is 14.4 Å². The van der Waals surface area contributed by atoms with E-state index in [4.69, 9.17) is 16.3 Å². The molecule has 3 aliphatic carbocycles. The standard InChI is InChI=1S/C28H22ClNO4/c1-3-28-19-10-6-4-8-16(19)22(17-9-5-7-11-20(17)28)23-24(28)26(32)30(25(23)31)15-12-13-21(29)18(14-15)27(33)34-2/h4-14,22-24H,3H2,1-2H3. The molecule has 0 radical (unpaired) electrons. The lowest BCUT2D eigenvalue weighted by molar-refractivity contribution is -0.123. The van der Waals surface area contributed by atoms with Crippen molar-refractivity contribution in [1.82, 2.24) is 0 Å². The lowest BCUT2D eigenvalue weighted by atomic mass is 9.46. The van der Waals surface area contributed by atoms with Crippen LogP contribution < -0.4 is 4.90 Å². The number of methoxy groups -OCH3 is 1. The largest absolute Gasteiger partial charge is 0.465 e. The normalized spacial score (nSPS) is 26.2.